The molecule has 1 atom stereocenters. The summed E-state index contributed by atoms with van der Waals surface area (Å²) in [6.45, 7) is 3.25. The van der Waals surface area contributed by atoms with Gasteiger partial charge in [-0.2, -0.15) is 0 Å². The second kappa shape index (κ2) is 3.94. The minimum atomic E-state index is -0.173. The average Bonchev–Trinajstić information content (AvgIpc) is 2.48. The Morgan fingerprint density at radius 3 is 3.31 bits per heavy atom. The monoisotopic (exact) mass is 222 g/mol. The van der Waals surface area contributed by atoms with Crippen LogP contribution >= 0.6 is 0 Å². The minimum absolute atomic E-state index is 0.173. The zero-order valence-electron chi connectivity index (χ0n) is 9.08. The first-order valence-electron chi connectivity index (χ1n) is 5.72. The maximum absolute atomic E-state index is 13.3. The number of ether oxygens (including phenoxy) is 1. The molecule has 4 heteroatoms. The molecule has 1 saturated heterocycles. The van der Waals surface area contributed by atoms with Gasteiger partial charge in [-0.05, 0) is 24.6 Å². The van der Waals surface area contributed by atoms with Gasteiger partial charge >= 0.3 is 0 Å². The molecule has 16 heavy (non-hydrogen) atoms. The number of benzene rings is 1. The van der Waals surface area contributed by atoms with Crippen molar-refractivity contribution in [3.63, 3.8) is 0 Å². The molecule has 2 heterocycles. The lowest BCUT2D eigenvalue weighted by atomic mass is 10.1. The molecular weight excluding hydrogens is 207 g/mol. The molecule has 0 aromatic heterocycles. The van der Waals surface area contributed by atoms with E-state index in [0.29, 0.717) is 6.04 Å². The van der Waals surface area contributed by atoms with E-state index >= 15 is 0 Å². The van der Waals surface area contributed by atoms with E-state index in [0.717, 1.165) is 44.1 Å². The molecule has 1 fully saturated rings. The lowest BCUT2D eigenvalue weighted by Gasteiger charge is -2.36. The summed E-state index contributed by atoms with van der Waals surface area (Å²) in [5.41, 5.74) is 2.01. The van der Waals surface area contributed by atoms with E-state index in [2.05, 4.69) is 10.2 Å². The first kappa shape index (κ1) is 9.90. The van der Waals surface area contributed by atoms with Gasteiger partial charge < -0.3 is 15.0 Å². The molecule has 0 bridgehead atoms. The zero-order valence-corrected chi connectivity index (χ0v) is 9.08. The van der Waals surface area contributed by atoms with Crippen molar-refractivity contribution in [2.45, 2.75) is 12.5 Å². The van der Waals surface area contributed by atoms with Gasteiger partial charge in [0, 0.05) is 13.1 Å². The van der Waals surface area contributed by atoms with Gasteiger partial charge in [0.05, 0.1) is 30.6 Å². The third-order valence-electron chi connectivity index (χ3n) is 3.29. The fourth-order valence-corrected chi connectivity index (χ4v) is 2.48. The molecule has 0 amide bonds. The SMILES string of the molecule is Fc1ccc2c(c1)N1CCOCC1CCN2. The van der Waals surface area contributed by atoms with Crippen molar-refractivity contribution in [1.82, 2.24) is 0 Å². The Kier molecular flexibility index (Phi) is 2.44. The van der Waals surface area contributed by atoms with Crippen LogP contribution in [0, 0.1) is 5.82 Å². The lowest BCUT2D eigenvalue weighted by molar-refractivity contribution is 0.0931. The van der Waals surface area contributed by atoms with Crippen LogP contribution in [-0.2, 0) is 4.74 Å². The first-order chi connectivity index (χ1) is 7.84. The predicted octanol–water partition coefficient (Wildman–Crippen LogP) is 1.85. The third kappa shape index (κ3) is 1.63. The van der Waals surface area contributed by atoms with Gasteiger partial charge in [-0.25, -0.2) is 4.39 Å². The fourth-order valence-electron chi connectivity index (χ4n) is 2.48. The van der Waals surface area contributed by atoms with Crippen molar-refractivity contribution in [3.05, 3.63) is 24.0 Å². The summed E-state index contributed by atoms with van der Waals surface area (Å²) in [5.74, 6) is -0.173. The highest BCUT2D eigenvalue weighted by atomic mass is 19.1. The van der Waals surface area contributed by atoms with Crippen LogP contribution in [0.3, 0.4) is 0 Å². The second-order valence-electron chi connectivity index (χ2n) is 4.30. The normalized spacial score (nSPS) is 24.1. The van der Waals surface area contributed by atoms with Crippen LogP contribution in [0.5, 0.6) is 0 Å². The topological polar surface area (TPSA) is 24.5 Å². The highest BCUT2D eigenvalue weighted by molar-refractivity contribution is 5.71. The number of morpholine rings is 1. The molecule has 0 aliphatic carbocycles. The van der Waals surface area contributed by atoms with Gasteiger partial charge in [0.1, 0.15) is 5.82 Å². The Hall–Kier alpha value is -1.29. The summed E-state index contributed by atoms with van der Waals surface area (Å²) in [6.07, 6.45) is 1.04. The van der Waals surface area contributed by atoms with Crippen LogP contribution in [0.2, 0.25) is 0 Å². The molecule has 1 unspecified atom stereocenters. The molecule has 0 radical (unpaired) electrons. The summed E-state index contributed by atoms with van der Waals surface area (Å²) < 4.78 is 18.8. The van der Waals surface area contributed by atoms with E-state index in [-0.39, 0.29) is 5.82 Å². The smallest absolute Gasteiger partial charge is 0.125 e. The predicted molar refractivity (Wildman–Crippen MR) is 61.5 cm³/mol. The molecule has 0 spiro atoms. The molecule has 3 nitrogen and oxygen atoms in total. The average molecular weight is 222 g/mol. The summed E-state index contributed by atoms with van der Waals surface area (Å²) in [4.78, 5) is 2.27. The number of anilines is 2. The highest BCUT2D eigenvalue weighted by Gasteiger charge is 2.27. The third-order valence-corrected chi connectivity index (χ3v) is 3.29. The van der Waals surface area contributed by atoms with Gasteiger partial charge in [0.15, 0.2) is 0 Å². The molecule has 86 valence electrons. The number of hydrogen-bond acceptors (Lipinski definition) is 3. The van der Waals surface area contributed by atoms with Crippen LogP contribution in [0.15, 0.2) is 18.2 Å². The molecule has 1 aromatic rings. The van der Waals surface area contributed by atoms with Crippen molar-refractivity contribution >= 4 is 11.4 Å². The van der Waals surface area contributed by atoms with Gasteiger partial charge in [0.2, 0.25) is 0 Å². The summed E-state index contributed by atoms with van der Waals surface area (Å²) in [6, 6.07) is 5.32. The van der Waals surface area contributed by atoms with E-state index in [4.69, 9.17) is 4.74 Å². The molecular formula is C12H15FN2O. The number of nitrogens with zero attached hydrogens (tertiary/aromatic N) is 1. The van der Waals surface area contributed by atoms with E-state index in [1.54, 1.807) is 6.07 Å². The molecule has 2 aliphatic heterocycles. The van der Waals surface area contributed by atoms with Gasteiger partial charge in [-0.1, -0.05) is 0 Å². The highest BCUT2D eigenvalue weighted by Crippen LogP contribution is 2.32. The number of hydrogen-bond donors (Lipinski definition) is 1. The van der Waals surface area contributed by atoms with Crippen LogP contribution in [-0.4, -0.2) is 32.3 Å². The largest absolute Gasteiger partial charge is 0.383 e. The Morgan fingerprint density at radius 2 is 2.38 bits per heavy atom. The molecule has 1 aromatic carbocycles. The van der Waals surface area contributed by atoms with Gasteiger partial charge in [0.25, 0.3) is 0 Å². The number of rotatable bonds is 0. The van der Waals surface area contributed by atoms with Crippen LogP contribution < -0.4 is 10.2 Å². The second-order valence-corrected chi connectivity index (χ2v) is 4.30. The van der Waals surface area contributed by atoms with Crippen molar-refractivity contribution in [3.8, 4) is 0 Å². The Labute approximate surface area is 94.2 Å². The van der Waals surface area contributed by atoms with Gasteiger partial charge in [-0.3, -0.25) is 0 Å². The van der Waals surface area contributed by atoms with Crippen molar-refractivity contribution in [2.24, 2.45) is 0 Å². The van der Waals surface area contributed by atoms with E-state index < -0.39 is 0 Å². The van der Waals surface area contributed by atoms with Crippen molar-refractivity contribution in [2.75, 3.05) is 36.5 Å². The van der Waals surface area contributed by atoms with E-state index in [1.807, 2.05) is 6.07 Å². The van der Waals surface area contributed by atoms with Gasteiger partial charge in [-0.15, -0.1) is 0 Å². The minimum Gasteiger partial charge on any atom is -0.383 e. The summed E-state index contributed by atoms with van der Waals surface area (Å²) in [7, 11) is 0. The lowest BCUT2D eigenvalue weighted by Crippen LogP contribution is -2.45. The van der Waals surface area contributed by atoms with E-state index in [9.17, 15) is 4.39 Å². The van der Waals surface area contributed by atoms with Crippen molar-refractivity contribution in [1.29, 1.82) is 0 Å². The maximum Gasteiger partial charge on any atom is 0.125 e. The molecule has 3 rings (SSSR count). The Balaban J connectivity index is 2.02. The summed E-state index contributed by atoms with van der Waals surface area (Å²) >= 11 is 0. The quantitative estimate of drug-likeness (QED) is 0.725. The molecule has 1 N–H and O–H groups in total. The molecule has 2 aliphatic rings. The Morgan fingerprint density at radius 1 is 1.44 bits per heavy atom. The first-order valence-corrected chi connectivity index (χ1v) is 5.72. The van der Waals surface area contributed by atoms with E-state index in [1.165, 1.54) is 6.07 Å². The fraction of sp³-hybridized carbons (Fsp3) is 0.500. The zero-order chi connectivity index (χ0) is 11.0. The number of nitrogens with one attached hydrogen (secondary N) is 1. The Bertz CT molecular complexity index is 397. The van der Waals surface area contributed by atoms with Crippen LogP contribution in [0.25, 0.3) is 0 Å². The number of halogens is 1. The van der Waals surface area contributed by atoms with Crippen molar-refractivity contribution < 1.29 is 9.13 Å². The number of fused-ring (bicyclic) bond motifs is 3. The van der Waals surface area contributed by atoms with Crippen LogP contribution in [0.4, 0.5) is 15.8 Å². The standard InChI is InChI=1S/C12H15FN2O/c13-9-1-2-11-12(7-9)15-5-6-16-8-10(15)3-4-14-11/h1-2,7,10,14H,3-6,8H2. The maximum atomic E-state index is 13.3. The molecule has 0 saturated carbocycles. The summed E-state index contributed by atoms with van der Waals surface area (Å²) in [5, 5.41) is 3.34. The van der Waals surface area contributed by atoms with Crippen LogP contribution in [0.1, 0.15) is 6.42 Å².